The van der Waals surface area contributed by atoms with Crippen LogP contribution < -0.4 is 4.74 Å². The summed E-state index contributed by atoms with van der Waals surface area (Å²) in [6.45, 7) is 2.73. The first-order chi connectivity index (χ1) is 14.2. The fraction of sp³-hybridized carbons (Fsp3) is 0.318. The number of hydrogen-bond donors (Lipinski definition) is 1. The van der Waals surface area contributed by atoms with Gasteiger partial charge in [-0.2, -0.15) is 0 Å². The van der Waals surface area contributed by atoms with Crippen molar-refractivity contribution in [3.63, 3.8) is 0 Å². The van der Waals surface area contributed by atoms with E-state index >= 15 is 0 Å². The average molecular weight is 392 g/mol. The van der Waals surface area contributed by atoms with E-state index in [1.54, 1.807) is 12.4 Å². The third kappa shape index (κ3) is 4.56. The maximum atomic E-state index is 12.9. The number of carbonyl (C=O) groups excluding carboxylic acids is 2. The largest absolute Gasteiger partial charge is 0.493 e. The van der Waals surface area contributed by atoms with Crippen LogP contribution in [0.1, 0.15) is 23.2 Å². The highest BCUT2D eigenvalue weighted by atomic mass is 16.5. The van der Waals surface area contributed by atoms with Crippen LogP contribution in [0.5, 0.6) is 5.75 Å². The molecule has 7 heteroatoms. The van der Waals surface area contributed by atoms with E-state index in [4.69, 9.17) is 4.74 Å². The van der Waals surface area contributed by atoms with E-state index < -0.39 is 0 Å². The molecule has 150 valence electrons. The van der Waals surface area contributed by atoms with E-state index in [2.05, 4.69) is 9.97 Å². The van der Waals surface area contributed by atoms with Crippen LogP contribution in [-0.2, 0) is 4.79 Å². The minimum absolute atomic E-state index is 0.0109. The van der Waals surface area contributed by atoms with Gasteiger partial charge in [0.1, 0.15) is 5.75 Å². The van der Waals surface area contributed by atoms with E-state index in [1.165, 1.54) is 0 Å². The number of rotatable bonds is 5. The Balaban J connectivity index is 1.30. The summed E-state index contributed by atoms with van der Waals surface area (Å²) in [5, 5.41) is 0. The van der Waals surface area contributed by atoms with Crippen molar-refractivity contribution in [2.75, 3.05) is 32.8 Å². The summed E-state index contributed by atoms with van der Waals surface area (Å²) >= 11 is 0. The molecule has 1 aliphatic heterocycles. The Morgan fingerprint density at radius 2 is 1.79 bits per heavy atom. The Morgan fingerprint density at radius 1 is 1.00 bits per heavy atom. The number of H-pyrrole nitrogens is 1. The topological polar surface area (TPSA) is 78.5 Å². The molecule has 0 spiro atoms. The Hall–Kier alpha value is -3.35. The number of aromatic amines is 1. The van der Waals surface area contributed by atoms with Crippen LogP contribution in [0.2, 0.25) is 0 Å². The number of aromatic nitrogens is 2. The normalized spacial score (nSPS) is 14.6. The fourth-order valence-electron chi connectivity index (χ4n) is 3.55. The molecule has 1 fully saturated rings. The van der Waals surface area contributed by atoms with Gasteiger partial charge < -0.3 is 19.5 Å². The van der Waals surface area contributed by atoms with Gasteiger partial charge in [0.2, 0.25) is 5.91 Å². The maximum Gasteiger partial charge on any atom is 0.253 e. The Kier molecular flexibility index (Phi) is 5.74. The van der Waals surface area contributed by atoms with Gasteiger partial charge in [0.05, 0.1) is 30.4 Å². The molecule has 2 heterocycles. The van der Waals surface area contributed by atoms with Crippen LogP contribution in [0.4, 0.5) is 0 Å². The van der Waals surface area contributed by atoms with Gasteiger partial charge in [-0.15, -0.1) is 0 Å². The molecule has 7 nitrogen and oxygen atoms in total. The standard InChI is InChI=1S/C22H24N4O3/c27-21(9-14-29-18-5-2-1-3-6-18)25-10-4-11-26(13-12-25)22(28)17-7-8-19-20(15-17)24-16-23-19/h1-3,5-8,15-16H,4,9-14H2,(H,23,24). The third-order valence-electron chi connectivity index (χ3n) is 5.13. The maximum absolute atomic E-state index is 12.9. The van der Waals surface area contributed by atoms with Gasteiger partial charge in [0.15, 0.2) is 0 Å². The summed E-state index contributed by atoms with van der Waals surface area (Å²) in [5.74, 6) is 0.819. The Morgan fingerprint density at radius 3 is 2.66 bits per heavy atom. The van der Waals surface area contributed by atoms with Crippen molar-refractivity contribution in [3.8, 4) is 5.75 Å². The van der Waals surface area contributed by atoms with Crippen LogP contribution >= 0.6 is 0 Å². The lowest BCUT2D eigenvalue weighted by Crippen LogP contribution is -2.37. The second-order valence-corrected chi connectivity index (χ2v) is 7.07. The summed E-state index contributed by atoms with van der Waals surface area (Å²) in [6, 6.07) is 15.0. The van der Waals surface area contributed by atoms with E-state index in [0.717, 1.165) is 23.2 Å². The molecule has 1 N–H and O–H groups in total. The quantitative estimate of drug-likeness (QED) is 0.724. The first-order valence-electron chi connectivity index (χ1n) is 9.89. The molecule has 0 bridgehead atoms. The van der Waals surface area contributed by atoms with Crippen LogP contribution in [-0.4, -0.2) is 64.4 Å². The van der Waals surface area contributed by atoms with Crippen LogP contribution in [0.15, 0.2) is 54.9 Å². The number of hydrogen-bond acceptors (Lipinski definition) is 4. The van der Waals surface area contributed by atoms with Crippen molar-refractivity contribution in [3.05, 3.63) is 60.4 Å². The Bertz CT molecular complexity index is 986. The molecule has 2 aromatic carbocycles. The molecule has 3 aromatic rings. The molecule has 2 amide bonds. The van der Waals surface area contributed by atoms with Gasteiger partial charge in [-0.05, 0) is 36.8 Å². The number of benzene rings is 2. The Labute approximate surface area is 169 Å². The summed E-state index contributed by atoms with van der Waals surface area (Å²) in [5.41, 5.74) is 2.32. The van der Waals surface area contributed by atoms with E-state index in [9.17, 15) is 9.59 Å². The molecule has 0 aliphatic carbocycles. The molecular formula is C22H24N4O3. The van der Waals surface area contributed by atoms with Gasteiger partial charge in [0, 0.05) is 31.7 Å². The minimum Gasteiger partial charge on any atom is -0.493 e. The smallest absolute Gasteiger partial charge is 0.253 e. The zero-order valence-corrected chi connectivity index (χ0v) is 16.2. The molecule has 0 radical (unpaired) electrons. The minimum atomic E-state index is -0.0109. The fourth-order valence-corrected chi connectivity index (χ4v) is 3.55. The van der Waals surface area contributed by atoms with Crippen molar-refractivity contribution in [2.45, 2.75) is 12.8 Å². The number of ether oxygens (including phenoxy) is 1. The van der Waals surface area contributed by atoms with Gasteiger partial charge in [-0.25, -0.2) is 4.98 Å². The first kappa shape index (κ1) is 19.0. The molecule has 1 aromatic heterocycles. The van der Waals surface area contributed by atoms with Gasteiger partial charge in [0.25, 0.3) is 5.91 Å². The van der Waals surface area contributed by atoms with E-state index in [-0.39, 0.29) is 11.8 Å². The van der Waals surface area contributed by atoms with Crippen molar-refractivity contribution in [2.24, 2.45) is 0 Å². The van der Waals surface area contributed by atoms with Crippen molar-refractivity contribution in [1.82, 2.24) is 19.8 Å². The molecular weight excluding hydrogens is 368 g/mol. The zero-order chi connectivity index (χ0) is 20.1. The van der Waals surface area contributed by atoms with Crippen molar-refractivity contribution >= 4 is 22.8 Å². The highest BCUT2D eigenvalue weighted by molar-refractivity contribution is 5.97. The summed E-state index contributed by atoms with van der Waals surface area (Å²) in [6.07, 6.45) is 2.72. The molecule has 0 saturated carbocycles. The van der Waals surface area contributed by atoms with E-state index in [0.29, 0.717) is 44.8 Å². The number of amides is 2. The van der Waals surface area contributed by atoms with Gasteiger partial charge >= 0.3 is 0 Å². The lowest BCUT2D eigenvalue weighted by molar-refractivity contribution is -0.131. The molecule has 4 rings (SSSR count). The highest BCUT2D eigenvalue weighted by Crippen LogP contribution is 2.15. The number of para-hydroxylation sites is 1. The molecule has 0 atom stereocenters. The zero-order valence-electron chi connectivity index (χ0n) is 16.2. The molecule has 1 aliphatic rings. The molecule has 1 saturated heterocycles. The van der Waals surface area contributed by atoms with Crippen molar-refractivity contribution < 1.29 is 14.3 Å². The molecule has 29 heavy (non-hydrogen) atoms. The lowest BCUT2D eigenvalue weighted by atomic mass is 10.1. The van der Waals surface area contributed by atoms with E-state index in [1.807, 2.05) is 52.3 Å². The second-order valence-electron chi connectivity index (χ2n) is 7.07. The van der Waals surface area contributed by atoms with Crippen molar-refractivity contribution in [1.29, 1.82) is 0 Å². The highest BCUT2D eigenvalue weighted by Gasteiger charge is 2.23. The second kappa shape index (κ2) is 8.77. The van der Waals surface area contributed by atoms with Gasteiger partial charge in [-0.1, -0.05) is 18.2 Å². The average Bonchev–Trinajstić information content (AvgIpc) is 3.08. The van der Waals surface area contributed by atoms with Gasteiger partial charge in [-0.3, -0.25) is 9.59 Å². The lowest BCUT2D eigenvalue weighted by Gasteiger charge is -2.22. The third-order valence-corrected chi connectivity index (χ3v) is 5.13. The first-order valence-corrected chi connectivity index (χ1v) is 9.89. The van der Waals surface area contributed by atoms with Crippen LogP contribution in [0, 0.1) is 0 Å². The predicted octanol–water partition coefficient (Wildman–Crippen LogP) is 2.71. The monoisotopic (exact) mass is 392 g/mol. The summed E-state index contributed by atoms with van der Waals surface area (Å²) < 4.78 is 5.62. The number of imidazole rings is 1. The van der Waals surface area contributed by atoms with Crippen LogP contribution in [0.25, 0.3) is 11.0 Å². The summed E-state index contributed by atoms with van der Waals surface area (Å²) in [7, 11) is 0. The SMILES string of the molecule is O=C(CCOc1ccccc1)N1CCCN(C(=O)c2ccc3nc[nH]c3c2)CC1. The predicted molar refractivity (Wildman–Crippen MR) is 110 cm³/mol. The summed E-state index contributed by atoms with van der Waals surface area (Å²) in [4.78, 5) is 36.3. The number of nitrogens with zero attached hydrogens (tertiary/aromatic N) is 3. The number of carbonyl (C=O) groups is 2. The van der Waals surface area contributed by atoms with Crippen LogP contribution in [0.3, 0.4) is 0 Å². The molecule has 0 unspecified atom stereocenters. The number of fused-ring (bicyclic) bond motifs is 1. The number of nitrogens with one attached hydrogen (secondary N) is 1.